The monoisotopic (exact) mass is 264 g/mol. The molecule has 2 atom stereocenters. The summed E-state index contributed by atoms with van der Waals surface area (Å²) in [6, 6.07) is 6.43. The molecule has 3 heteroatoms. The van der Waals surface area contributed by atoms with Crippen molar-refractivity contribution in [1.29, 1.82) is 0 Å². The highest BCUT2D eigenvalue weighted by molar-refractivity contribution is 5.37. The lowest BCUT2D eigenvalue weighted by Crippen LogP contribution is -2.43. The Morgan fingerprint density at radius 2 is 1.84 bits per heavy atom. The molecule has 0 fully saturated rings. The number of likely N-dealkylation sites (N-methyl/N-ethyl adjacent to an activating group) is 1. The minimum Gasteiger partial charge on any atom is -0.508 e. The van der Waals surface area contributed by atoms with E-state index in [-0.39, 0.29) is 6.04 Å². The molecule has 1 aromatic carbocycles. The van der Waals surface area contributed by atoms with E-state index in [9.17, 15) is 5.11 Å². The van der Waals surface area contributed by atoms with Crippen LogP contribution >= 0.6 is 0 Å². The highest BCUT2D eigenvalue weighted by Crippen LogP contribution is 2.25. The normalized spacial score (nSPS) is 14.9. The summed E-state index contributed by atoms with van der Waals surface area (Å²) in [6.45, 7) is 9.54. The minimum absolute atomic E-state index is 0.146. The molecule has 1 rings (SSSR count). The number of nitrogens with one attached hydrogen (secondary N) is 1. The number of nitrogens with zero attached hydrogens (tertiary/aromatic N) is 1. The molecule has 2 unspecified atom stereocenters. The van der Waals surface area contributed by atoms with Gasteiger partial charge in [0.15, 0.2) is 0 Å². The van der Waals surface area contributed by atoms with Crippen molar-refractivity contribution in [1.82, 2.24) is 10.2 Å². The van der Waals surface area contributed by atoms with Gasteiger partial charge in [0, 0.05) is 24.2 Å². The second kappa shape index (κ2) is 6.92. The molecular weight excluding hydrogens is 236 g/mol. The Kier molecular flexibility index (Phi) is 5.83. The van der Waals surface area contributed by atoms with Crippen LogP contribution in [0.1, 0.15) is 37.9 Å². The van der Waals surface area contributed by atoms with Gasteiger partial charge in [0.1, 0.15) is 5.75 Å². The van der Waals surface area contributed by atoms with Crippen LogP contribution < -0.4 is 5.32 Å². The van der Waals surface area contributed by atoms with Gasteiger partial charge in [-0.05, 0) is 45.5 Å². The number of phenolic OH excluding ortho intramolecular Hbond substituents is 1. The van der Waals surface area contributed by atoms with Gasteiger partial charge >= 0.3 is 0 Å². The Hall–Kier alpha value is -1.06. The zero-order chi connectivity index (χ0) is 14.6. The average molecular weight is 264 g/mol. The summed E-state index contributed by atoms with van der Waals surface area (Å²) >= 11 is 0. The molecule has 0 saturated heterocycles. The molecule has 108 valence electrons. The van der Waals surface area contributed by atoms with Crippen LogP contribution in [0.2, 0.25) is 0 Å². The number of aryl methyl sites for hydroxylation is 1. The third kappa shape index (κ3) is 4.84. The number of hydrogen-bond donors (Lipinski definition) is 2. The lowest BCUT2D eigenvalue weighted by Gasteiger charge is -2.29. The van der Waals surface area contributed by atoms with Crippen LogP contribution in [0.25, 0.3) is 0 Å². The summed E-state index contributed by atoms with van der Waals surface area (Å²) < 4.78 is 0. The molecule has 0 aliphatic rings. The molecule has 0 amide bonds. The molecule has 0 spiro atoms. The summed E-state index contributed by atoms with van der Waals surface area (Å²) in [5.74, 6) is 0.935. The first-order valence-electron chi connectivity index (χ1n) is 7.01. The Bertz CT molecular complexity index is 402. The van der Waals surface area contributed by atoms with Gasteiger partial charge in [0.05, 0.1) is 0 Å². The van der Waals surface area contributed by atoms with Crippen LogP contribution in [-0.2, 0) is 0 Å². The van der Waals surface area contributed by atoms with Crippen molar-refractivity contribution in [3.63, 3.8) is 0 Å². The van der Waals surface area contributed by atoms with Crippen molar-refractivity contribution in [3.05, 3.63) is 29.3 Å². The van der Waals surface area contributed by atoms with E-state index in [1.165, 1.54) is 0 Å². The van der Waals surface area contributed by atoms with E-state index in [2.05, 4.69) is 45.1 Å². The highest BCUT2D eigenvalue weighted by Gasteiger charge is 2.19. The van der Waals surface area contributed by atoms with Crippen LogP contribution in [0.4, 0.5) is 0 Å². The van der Waals surface area contributed by atoms with E-state index in [0.29, 0.717) is 17.7 Å². The first-order valence-corrected chi connectivity index (χ1v) is 7.01. The summed E-state index contributed by atoms with van der Waals surface area (Å²) in [6.07, 6.45) is 0. The molecule has 0 aliphatic heterocycles. The molecular formula is C16H28N2O. The molecule has 1 aromatic rings. The zero-order valence-electron chi connectivity index (χ0n) is 13.1. The van der Waals surface area contributed by atoms with E-state index in [4.69, 9.17) is 0 Å². The Morgan fingerprint density at radius 1 is 1.21 bits per heavy atom. The largest absolute Gasteiger partial charge is 0.508 e. The Morgan fingerprint density at radius 3 is 2.32 bits per heavy atom. The second-order valence-electron chi connectivity index (χ2n) is 6.06. The standard InChI is InChI=1S/C16H28N2O/c1-11(2)15(10-18(5)6)17-13(4)14-8-7-12(3)9-16(14)19/h7-9,11,13,15,17,19H,10H2,1-6H3. The van der Waals surface area contributed by atoms with Crippen molar-refractivity contribution < 1.29 is 5.11 Å². The van der Waals surface area contributed by atoms with Gasteiger partial charge < -0.3 is 15.3 Å². The minimum atomic E-state index is 0.146. The van der Waals surface area contributed by atoms with Crippen molar-refractivity contribution in [2.75, 3.05) is 20.6 Å². The molecule has 3 nitrogen and oxygen atoms in total. The number of aromatic hydroxyl groups is 1. The van der Waals surface area contributed by atoms with E-state index in [1.807, 2.05) is 25.1 Å². The fourth-order valence-corrected chi connectivity index (χ4v) is 2.28. The maximum atomic E-state index is 10.0. The van der Waals surface area contributed by atoms with Gasteiger partial charge in [0.2, 0.25) is 0 Å². The molecule has 2 N–H and O–H groups in total. The average Bonchev–Trinajstić information content (AvgIpc) is 2.26. The fourth-order valence-electron chi connectivity index (χ4n) is 2.28. The SMILES string of the molecule is Cc1ccc(C(C)NC(CN(C)C)C(C)C)c(O)c1. The maximum Gasteiger partial charge on any atom is 0.120 e. The van der Waals surface area contributed by atoms with Gasteiger partial charge in [-0.2, -0.15) is 0 Å². The second-order valence-corrected chi connectivity index (χ2v) is 6.06. The van der Waals surface area contributed by atoms with E-state index in [1.54, 1.807) is 0 Å². The Balaban J connectivity index is 2.78. The molecule has 0 radical (unpaired) electrons. The van der Waals surface area contributed by atoms with Gasteiger partial charge in [0.25, 0.3) is 0 Å². The number of rotatable bonds is 6. The van der Waals surface area contributed by atoms with E-state index < -0.39 is 0 Å². The summed E-state index contributed by atoms with van der Waals surface area (Å²) in [5.41, 5.74) is 2.05. The van der Waals surface area contributed by atoms with Crippen molar-refractivity contribution in [2.24, 2.45) is 5.92 Å². The van der Waals surface area contributed by atoms with Crippen LogP contribution in [-0.4, -0.2) is 36.7 Å². The smallest absolute Gasteiger partial charge is 0.120 e. The topological polar surface area (TPSA) is 35.5 Å². The van der Waals surface area contributed by atoms with Crippen LogP contribution in [0.5, 0.6) is 5.75 Å². The molecule has 0 aliphatic carbocycles. The van der Waals surface area contributed by atoms with Crippen LogP contribution in [0.15, 0.2) is 18.2 Å². The third-order valence-corrected chi connectivity index (χ3v) is 3.48. The lowest BCUT2D eigenvalue weighted by molar-refractivity contribution is 0.272. The number of hydrogen-bond acceptors (Lipinski definition) is 3. The van der Waals surface area contributed by atoms with E-state index in [0.717, 1.165) is 17.7 Å². The predicted octanol–water partition coefficient (Wildman–Crippen LogP) is 2.94. The molecule has 0 saturated carbocycles. The lowest BCUT2D eigenvalue weighted by atomic mass is 9.99. The third-order valence-electron chi connectivity index (χ3n) is 3.48. The van der Waals surface area contributed by atoms with Gasteiger partial charge in [-0.3, -0.25) is 0 Å². The summed E-state index contributed by atoms with van der Waals surface area (Å²) in [4.78, 5) is 2.19. The van der Waals surface area contributed by atoms with Crippen LogP contribution in [0.3, 0.4) is 0 Å². The Labute approximate surface area is 117 Å². The number of benzene rings is 1. The van der Waals surface area contributed by atoms with Crippen molar-refractivity contribution >= 4 is 0 Å². The maximum absolute atomic E-state index is 10.0. The summed E-state index contributed by atoms with van der Waals surface area (Å²) in [7, 11) is 4.18. The van der Waals surface area contributed by atoms with Gasteiger partial charge in [-0.15, -0.1) is 0 Å². The number of phenols is 1. The fraction of sp³-hybridized carbons (Fsp3) is 0.625. The van der Waals surface area contributed by atoms with Gasteiger partial charge in [-0.25, -0.2) is 0 Å². The highest BCUT2D eigenvalue weighted by atomic mass is 16.3. The first kappa shape index (κ1) is 16.0. The van der Waals surface area contributed by atoms with Gasteiger partial charge in [-0.1, -0.05) is 26.0 Å². The zero-order valence-corrected chi connectivity index (χ0v) is 13.1. The molecule has 0 bridgehead atoms. The molecule has 19 heavy (non-hydrogen) atoms. The van der Waals surface area contributed by atoms with Crippen molar-refractivity contribution in [2.45, 2.75) is 39.8 Å². The van der Waals surface area contributed by atoms with E-state index >= 15 is 0 Å². The summed E-state index contributed by atoms with van der Waals surface area (Å²) in [5, 5.41) is 13.7. The molecule has 0 aromatic heterocycles. The molecule has 0 heterocycles. The predicted molar refractivity (Wildman–Crippen MR) is 81.6 cm³/mol. The van der Waals surface area contributed by atoms with Crippen LogP contribution in [0, 0.1) is 12.8 Å². The van der Waals surface area contributed by atoms with Crippen molar-refractivity contribution in [3.8, 4) is 5.75 Å². The first-order chi connectivity index (χ1) is 8.81. The quantitative estimate of drug-likeness (QED) is 0.829.